The average molecular weight is 536 g/mol. The Hall–Kier alpha value is -3.49. The molecule has 0 saturated carbocycles. The molecule has 0 radical (unpaired) electrons. The van der Waals surface area contributed by atoms with Gasteiger partial charge in [-0.3, -0.25) is 9.78 Å². The molecular formula is C29H27F2N3OS2. The fraction of sp³-hybridized carbons (Fsp3) is 0.172. The summed E-state index contributed by atoms with van der Waals surface area (Å²) in [5.41, 5.74) is 10.6. The highest BCUT2D eigenvalue weighted by Gasteiger charge is 2.14. The molecule has 8 heteroatoms. The molecule has 0 bridgehead atoms. The summed E-state index contributed by atoms with van der Waals surface area (Å²) in [7, 11) is 0. The zero-order chi connectivity index (χ0) is 26.5. The van der Waals surface area contributed by atoms with Crippen molar-refractivity contribution < 1.29 is 13.6 Å². The minimum absolute atomic E-state index is 0.107. The highest BCUT2D eigenvalue weighted by Crippen LogP contribution is 2.36. The van der Waals surface area contributed by atoms with Crippen LogP contribution in [0.3, 0.4) is 0 Å². The molecule has 0 atom stereocenters. The summed E-state index contributed by atoms with van der Waals surface area (Å²) in [6, 6.07) is 15.8. The molecule has 0 unspecified atom stereocenters. The molecule has 0 fully saturated rings. The van der Waals surface area contributed by atoms with Crippen molar-refractivity contribution in [2.24, 2.45) is 0 Å². The van der Waals surface area contributed by atoms with E-state index in [1.54, 1.807) is 24.5 Å². The van der Waals surface area contributed by atoms with Gasteiger partial charge in [0, 0.05) is 67.9 Å². The molecule has 0 aliphatic heterocycles. The standard InChI is InChI=1S/C23H23N3OS.C6H4F2S/c1-3-4-9-26-14-20(15(2)27)19-11-16(5-6-21(19)26)22-7-8-23(28-22)17-10-18(24)13-25-12-17;7-4-1-2-6(9)5(8)3-4/h5-8,10-14H,3-4,9,24H2,1-2H3;1-3,9H. The Morgan fingerprint density at radius 3 is 2.43 bits per heavy atom. The molecule has 0 aliphatic carbocycles. The lowest BCUT2D eigenvalue weighted by Gasteiger charge is -2.05. The number of hydrogen-bond acceptors (Lipinski definition) is 5. The number of carbonyl (C=O) groups excluding carboxylic acids is 1. The number of aromatic nitrogens is 2. The Bertz CT molecular complexity index is 1560. The SMILES string of the molecule is CCCCn1cc(C(C)=O)c2cc(-c3ccc(-c4cncc(N)c4)s3)ccc21.Fc1ccc(S)c(F)c1. The second-order valence-corrected chi connectivity index (χ2v) is 10.2. The van der Waals surface area contributed by atoms with Crippen molar-refractivity contribution in [2.75, 3.05) is 5.73 Å². The summed E-state index contributed by atoms with van der Waals surface area (Å²) in [5, 5.41) is 1.03. The van der Waals surface area contributed by atoms with Crippen molar-refractivity contribution >= 4 is 46.3 Å². The number of nitrogens with zero attached hydrogens (tertiary/aromatic N) is 2. The number of nitrogen functional groups attached to an aromatic ring is 1. The molecule has 2 N–H and O–H groups in total. The minimum atomic E-state index is -0.627. The number of anilines is 1. The van der Waals surface area contributed by atoms with Crippen LogP contribution in [0.1, 0.15) is 37.0 Å². The lowest BCUT2D eigenvalue weighted by Crippen LogP contribution is -1.95. The van der Waals surface area contributed by atoms with Crippen molar-refractivity contribution in [3.8, 4) is 20.9 Å². The molecule has 5 aromatic rings. The van der Waals surface area contributed by atoms with Gasteiger partial charge in [-0.15, -0.1) is 24.0 Å². The molecule has 2 aromatic carbocycles. The Morgan fingerprint density at radius 2 is 1.78 bits per heavy atom. The van der Waals surface area contributed by atoms with Gasteiger partial charge in [0.1, 0.15) is 11.6 Å². The van der Waals surface area contributed by atoms with Crippen molar-refractivity contribution in [3.05, 3.63) is 90.4 Å². The van der Waals surface area contributed by atoms with E-state index in [1.807, 2.05) is 18.5 Å². The van der Waals surface area contributed by atoms with E-state index in [0.29, 0.717) is 5.69 Å². The van der Waals surface area contributed by atoms with Crippen molar-refractivity contribution in [1.29, 1.82) is 0 Å². The van der Waals surface area contributed by atoms with Crippen molar-refractivity contribution in [2.45, 2.75) is 38.1 Å². The zero-order valence-electron chi connectivity index (χ0n) is 20.5. The summed E-state index contributed by atoms with van der Waals surface area (Å²) >= 11 is 5.41. The fourth-order valence-corrected chi connectivity index (χ4v) is 5.09. The smallest absolute Gasteiger partial charge is 0.161 e. The van der Waals surface area contributed by atoms with Crippen LogP contribution in [0.25, 0.3) is 31.8 Å². The van der Waals surface area contributed by atoms with Crippen LogP contribution in [0.2, 0.25) is 0 Å². The number of hydrogen-bond donors (Lipinski definition) is 2. The second kappa shape index (κ2) is 11.7. The highest BCUT2D eigenvalue weighted by molar-refractivity contribution is 7.80. The molecule has 0 saturated heterocycles. The van der Waals surface area contributed by atoms with E-state index < -0.39 is 11.6 Å². The molecule has 0 spiro atoms. The minimum Gasteiger partial charge on any atom is -0.397 e. The van der Waals surface area contributed by atoms with Gasteiger partial charge in [-0.05, 0) is 61.4 Å². The van der Waals surface area contributed by atoms with Gasteiger partial charge in [0.25, 0.3) is 0 Å². The van der Waals surface area contributed by atoms with Crippen LogP contribution in [0, 0.1) is 11.6 Å². The number of carbonyl (C=O) groups is 1. The number of fused-ring (bicyclic) bond motifs is 1. The molecule has 0 amide bonds. The molecule has 0 aliphatic rings. The largest absolute Gasteiger partial charge is 0.397 e. The quantitative estimate of drug-likeness (QED) is 0.170. The summed E-state index contributed by atoms with van der Waals surface area (Å²) in [6.45, 7) is 4.76. The van der Waals surface area contributed by atoms with Gasteiger partial charge in [0.2, 0.25) is 0 Å². The van der Waals surface area contributed by atoms with E-state index in [2.05, 4.69) is 59.4 Å². The Labute approximate surface area is 224 Å². The van der Waals surface area contributed by atoms with Crippen molar-refractivity contribution in [1.82, 2.24) is 9.55 Å². The Morgan fingerprint density at radius 1 is 1.03 bits per heavy atom. The van der Waals surface area contributed by atoms with Gasteiger partial charge in [-0.1, -0.05) is 19.4 Å². The van der Waals surface area contributed by atoms with Crippen LogP contribution in [-0.2, 0) is 6.54 Å². The average Bonchev–Trinajstić information content (AvgIpc) is 3.51. The van der Waals surface area contributed by atoms with Gasteiger partial charge in [0.05, 0.1) is 5.69 Å². The summed E-state index contributed by atoms with van der Waals surface area (Å²) in [5.74, 6) is -1.10. The van der Waals surface area contributed by atoms with Crippen LogP contribution in [0.15, 0.2) is 78.1 Å². The first kappa shape index (κ1) is 26.6. The molecule has 37 heavy (non-hydrogen) atoms. The van der Waals surface area contributed by atoms with Gasteiger partial charge in [-0.25, -0.2) is 8.78 Å². The lowest BCUT2D eigenvalue weighted by molar-refractivity contribution is 0.101. The number of benzene rings is 2. The van der Waals surface area contributed by atoms with E-state index in [0.717, 1.165) is 68.9 Å². The fourth-order valence-electron chi connectivity index (χ4n) is 3.97. The maximum atomic E-state index is 12.3. The molecule has 3 heterocycles. The summed E-state index contributed by atoms with van der Waals surface area (Å²) in [4.78, 5) is 18.8. The monoisotopic (exact) mass is 535 g/mol. The number of ketones is 1. The van der Waals surface area contributed by atoms with Crippen LogP contribution < -0.4 is 5.73 Å². The topological polar surface area (TPSA) is 60.9 Å². The van der Waals surface area contributed by atoms with Crippen LogP contribution >= 0.6 is 24.0 Å². The number of nitrogens with two attached hydrogens (primary N) is 1. The third-order valence-corrected chi connectivity index (χ3v) is 7.40. The predicted octanol–water partition coefficient (Wildman–Crippen LogP) is 8.27. The van der Waals surface area contributed by atoms with Gasteiger partial charge < -0.3 is 10.3 Å². The Kier molecular flexibility index (Phi) is 8.41. The van der Waals surface area contributed by atoms with E-state index in [4.69, 9.17) is 5.73 Å². The number of pyridine rings is 1. The Balaban J connectivity index is 0.000000301. The third kappa shape index (κ3) is 6.26. The van der Waals surface area contributed by atoms with Gasteiger partial charge in [0.15, 0.2) is 5.78 Å². The lowest BCUT2D eigenvalue weighted by atomic mass is 10.1. The highest BCUT2D eigenvalue weighted by atomic mass is 32.1. The number of halogens is 2. The predicted molar refractivity (Wildman–Crippen MR) is 151 cm³/mol. The van der Waals surface area contributed by atoms with Crippen LogP contribution in [0.4, 0.5) is 14.5 Å². The normalized spacial score (nSPS) is 10.8. The molecule has 5 rings (SSSR count). The zero-order valence-corrected chi connectivity index (χ0v) is 22.3. The number of unbranched alkanes of at least 4 members (excludes halogenated alkanes) is 1. The number of thiol groups is 1. The first-order valence-electron chi connectivity index (χ1n) is 11.9. The maximum Gasteiger partial charge on any atom is 0.161 e. The van der Waals surface area contributed by atoms with E-state index in [9.17, 15) is 13.6 Å². The van der Waals surface area contributed by atoms with Gasteiger partial charge >= 0.3 is 0 Å². The first-order chi connectivity index (χ1) is 17.8. The molecule has 4 nitrogen and oxygen atoms in total. The molecule has 3 aromatic heterocycles. The van der Waals surface area contributed by atoms with Crippen LogP contribution in [-0.4, -0.2) is 15.3 Å². The number of thiophene rings is 1. The van der Waals surface area contributed by atoms with E-state index >= 15 is 0 Å². The van der Waals surface area contributed by atoms with E-state index in [1.165, 1.54) is 6.07 Å². The second-order valence-electron chi connectivity index (χ2n) is 8.64. The first-order valence-corrected chi connectivity index (χ1v) is 13.1. The molecule has 190 valence electrons. The van der Waals surface area contributed by atoms with E-state index in [-0.39, 0.29) is 10.7 Å². The summed E-state index contributed by atoms with van der Waals surface area (Å²) < 4.78 is 26.5. The third-order valence-electron chi connectivity index (χ3n) is 5.86. The number of Topliss-reactive ketones (excluding diaryl/α,β-unsaturated/α-hetero) is 1. The summed E-state index contributed by atoms with van der Waals surface area (Å²) in [6.07, 6.45) is 7.72. The number of rotatable bonds is 6. The van der Waals surface area contributed by atoms with Crippen LogP contribution in [0.5, 0.6) is 0 Å². The van der Waals surface area contributed by atoms with Crippen molar-refractivity contribution in [3.63, 3.8) is 0 Å². The maximum absolute atomic E-state index is 12.3. The molecular weight excluding hydrogens is 508 g/mol. The number of aryl methyl sites for hydroxylation is 1. The van der Waals surface area contributed by atoms with Gasteiger partial charge in [-0.2, -0.15) is 0 Å².